The lowest BCUT2D eigenvalue weighted by atomic mass is 10.1. The van der Waals surface area contributed by atoms with Crippen molar-refractivity contribution in [1.29, 1.82) is 0 Å². The molecule has 2 atom stereocenters. The Balaban J connectivity index is 2.11. The number of aromatic nitrogens is 1. The fraction of sp³-hybridized carbons (Fsp3) is 0.529. The third-order valence-electron chi connectivity index (χ3n) is 3.94. The van der Waals surface area contributed by atoms with Crippen molar-refractivity contribution in [2.24, 2.45) is 0 Å². The van der Waals surface area contributed by atoms with E-state index in [0.29, 0.717) is 18.2 Å². The molecule has 1 saturated heterocycles. The van der Waals surface area contributed by atoms with Gasteiger partial charge in [0.2, 0.25) is 0 Å². The predicted octanol–water partition coefficient (Wildman–Crippen LogP) is 2.22. The molecule has 0 aromatic carbocycles. The molecule has 0 saturated carbocycles. The third-order valence-corrected chi connectivity index (χ3v) is 3.94. The van der Waals surface area contributed by atoms with Crippen molar-refractivity contribution in [3.05, 3.63) is 29.6 Å². The van der Waals surface area contributed by atoms with Crippen LogP contribution >= 0.6 is 0 Å². The van der Waals surface area contributed by atoms with Gasteiger partial charge in [-0.1, -0.05) is 18.8 Å². The van der Waals surface area contributed by atoms with Gasteiger partial charge in [0.05, 0.1) is 6.61 Å². The van der Waals surface area contributed by atoms with Crippen LogP contribution in [-0.2, 0) is 0 Å². The molecule has 0 bridgehead atoms. The number of carbonyl (C=O) groups excluding carboxylic acids is 1. The number of aliphatic hydroxyl groups excluding tert-OH is 1. The van der Waals surface area contributed by atoms with Crippen molar-refractivity contribution in [3.63, 3.8) is 0 Å². The lowest BCUT2D eigenvalue weighted by Crippen LogP contribution is -2.40. The van der Waals surface area contributed by atoms with Gasteiger partial charge < -0.3 is 10.0 Å². The van der Waals surface area contributed by atoms with Crippen LogP contribution in [0.2, 0.25) is 0 Å². The molecule has 1 N–H and O–H groups in total. The van der Waals surface area contributed by atoms with E-state index in [9.17, 15) is 4.79 Å². The second kappa shape index (κ2) is 7.24. The molecule has 4 heteroatoms. The number of likely N-dealkylation sites (tertiary alicyclic amines) is 1. The van der Waals surface area contributed by atoms with E-state index in [1.54, 1.807) is 12.3 Å². The molecular formula is C17H22N2O2. The van der Waals surface area contributed by atoms with E-state index in [4.69, 9.17) is 5.11 Å². The maximum absolute atomic E-state index is 12.6. The van der Waals surface area contributed by atoms with Gasteiger partial charge in [-0.3, -0.25) is 4.79 Å². The Morgan fingerprint density at radius 1 is 1.48 bits per heavy atom. The van der Waals surface area contributed by atoms with Crippen LogP contribution in [0.3, 0.4) is 0 Å². The van der Waals surface area contributed by atoms with Gasteiger partial charge in [0, 0.05) is 30.3 Å². The molecule has 1 aliphatic heterocycles. The normalized spacial score (nSPS) is 21.0. The summed E-state index contributed by atoms with van der Waals surface area (Å²) in [6.45, 7) is 4.28. The van der Waals surface area contributed by atoms with E-state index in [0.717, 1.165) is 24.8 Å². The Labute approximate surface area is 126 Å². The number of hydrogen-bond donors (Lipinski definition) is 1. The van der Waals surface area contributed by atoms with Gasteiger partial charge in [-0.25, -0.2) is 4.98 Å². The largest absolute Gasteiger partial charge is 0.395 e. The second-order valence-corrected chi connectivity index (χ2v) is 5.41. The summed E-state index contributed by atoms with van der Waals surface area (Å²) in [6, 6.07) is 4.17. The summed E-state index contributed by atoms with van der Waals surface area (Å²) in [6.07, 6.45) is 5.20. The number of nitrogens with zero attached hydrogens (tertiary/aromatic N) is 2. The lowest BCUT2D eigenvalue weighted by Gasteiger charge is -2.27. The Morgan fingerprint density at radius 2 is 2.29 bits per heavy atom. The van der Waals surface area contributed by atoms with Gasteiger partial charge in [0.1, 0.15) is 5.69 Å². The fourth-order valence-corrected chi connectivity index (χ4v) is 2.79. The molecule has 2 heterocycles. The molecule has 0 aliphatic carbocycles. The lowest BCUT2D eigenvalue weighted by molar-refractivity contribution is 0.0670. The molecule has 1 amide bonds. The van der Waals surface area contributed by atoms with Crippen molar-refractivity contribution >= 4 is 5.91 Å². The fourth-order valence-electron chi connectivity index (χ4n) is 2.79. The first-order valence-electron chi connectivity index (χ1n) is 7.55. The second-order valence-electron chi connectivity index (χ2n) is 5.41. The molecule has 1 fully saturated rings. The monoisotopic (exact) mass is 286 g/mol. The van der Waals surface area contributed by atoms with E-state index in [2.05, 4.69) is 30.7 Å². The Kier molecular flexibility index (Phi) is 5.35. The summed E-state index contributed by atoms with van der Waals surface area (Å²) in [5, 5.41) is 8.69. The highest BCUT2D eigenvalue weighted by molar-refractivity contribution is 5.93. The first-order valence-corrected chi connectivity index (χ1v) is 7.55. The molecule has 2 rings (SSSR count). The minimum absolute atomic E-state index is 0.0155. The number of amides is 1. The van der Waals surface area contributed by atoms with Gasteiger partial charge in [0.15, 0.2) is 0 Å². The number of pyridine rings is 1. The summed E-state index contributed by atoms with van der Waals surface area (Å²) >= 11 is 0. The maximum Gasteiger partial charge on any atom is 0.272 e. The van der Waals surface area contributed by atoms with Crippen molar-refractivity contribution in [2.45, 2.75) is 51.6 Å². The minimum Gasteiger partial charge on any atom is -0.395 e. The van der Waals surface area contributed by atoms with Crippen molar-refractivity contribution in [2.75, 3.05) is 6.61 Å². The molecule has 2 unspecified atom stereocenters. The zero-order valence-electron chi connectivity index (χ0n) is 12.7. The highest BCUT2D eigenvalue weighted by atomic mass is 16.2. The van der Waals surface area contributed by atoms with E-state index in [-0.39, 0.29) is 18.6 Å². The van der Waals surface area contributed by atoms with Crippen LogP contribution in [0.1, 0.15) is 55.6 Å². The summed E-state index contributed by atoms with van der Waals surface area (Å²) in [5.74, 6) is 5.77. The SMILES string of the molecule is CCC1CCC(C)N1C(=O)c1ccc(C#CCCO)cn1. The standard InChI is InChI=1S/C17H22N2O2/c1-3-15-9-7-13(2)19(15)17(21)16-10-8-14(12-18-16)6-4-5-11-20/h8,10,12-13,15,20H,3,5,7,9,11H2,1-2H3. The predicted molar refractivity (Wildman–Crippen MR) is 81.8 cm³/mol. The smallest absolute Gasteiger partial charge is 0.272 e. The highest BCUT2D eigenvalue weighted by Crippen LogP contribution is 2.27. The van der Waals surface area contributed by atoms with E-state index in [1.807, 2.05) is 11.0 Å². The molecule has 0 radical (unpaired) electrons. The Bertz CT molecular complexity index is 542. The average Bonchev–Trinajstić information content (AvgIpc) is 2.88. The third kappa shape index (κ3) is 3.62. The first-order chi connectivity index (χ1) is 10.2. The van der Waals surface area contributed by atoms with Crippen LogP contribution in [0, 0.1) is 11.8 Å². The van der Waals surface area contributed by atoms with Gasteiger partial charge in [-0.05, 0) is 38.3 Å². The van der Waals surface area contributed by atoms with Crippen LogP contribution in [0.15, 0.2) is 18.3 Å². The zero-order chi connectivity index (χ0) is 15.2. The number of aliphatic hydroxyl groups is 1. The van der Waals surface area contributed by atoms with Crippen molar-refractivity contribution in [3.8, 4) is 11.8 Å². The van der Waals surface area contributed by atoms with E-state index >= 15 is 0 Å². The topological polar surface area (TPSA) is 53.4 Å². The average molecular weight is 286 g/mol. The quantitative estimate of drug-likeness (QED) is 0.867. The first kappa shape index (κ1) is 15.5. The number of hydrogen-bond acceptors (Lipinski definition) is 3. The maximum atomic E-state index is 12.6. The van der Waals surface area contributed by atoms with Crippen LogP contribution in [0.4, 0.5) is 0 Å². The van der Waals surface area contributed by atoms with Crippen LogP contribution < -0.4 is 0 Å². The van der Waals surface area contributed by atoms with E-state index < -0.39 is 0 Å². The van der Waals surface area contributed by atoms with Crippen LogP contribution in [-0.4, -0.2) is 39.6 Å². The molecule has 112 valence electrons. The Hall–Kier alpha value is -1.86. The molecule has 0 spiro atoms. The molecule has 1 aromatic rings. The summed E-state index contributed by atoms with van der Waals surface area (Å²) in [5.41, 5.74) is 1.25. The van der Waals surface area contributed by atoms with Gasteiger partial charge in [-0.15, -0.1) is 0 Å². The van der Waals surface area contributed by atoms with Gasteiger partial charge in [-0.2, -0.15) is 0 Å². The minimum atomic E-state index is 0.0155. The zero-order valence-corrected chi connectivity index (χ0v) is 12.7. The van der Waals surface area contributed by atoms with E-state index in [1.165, 1.54) is 0 Å². The summed E-state index contributed by atoms with van der Waals surface area (Å²) in [4.78, 5) is 18.8. The van der Waals surface area contributed by atoms with Crippen LogP contribution in [0.25, 0.3) is 0 Å². The van der Waals surface area contributed by atoms with Crippen molar-refractivity contribution < 1.29 is 9.90 Å². The van der Waals surface area contributed by atoms with Crippen LogP contribution in [0.5, 0.6) is 0 Å². The number of carbonyl (C=O) groups is 1. The highest BCUT2D eigenvalue weighted by Gasteiger charge is 2.33. The molecule has 1 aromatic heterocycles. The summed E-state index contributed by atoms with van der Waals surface area (Å²) < 4.78 is 0. The molecule has 21 heavy (non-hydrogen) atoms. The molecular weight excluding hydrogens is 264 g/mol. The summed E-state index contributed by atoms with van der Waals surface area (Å²) in [7, 11) is 0. The van der Waals surface area contributed by atoms with Crippen molar-refractivity contribution in [1.82, 2.24) is 9.88 Å². The van der Waals surface area contributed by atoms with Gasteiger partial charge >= 0.3 is 0 Å². The van der Waals surface area contributed by atoms with Gasteiger partial charge in [0.25, 0.3) is 5.91 Å². The Morgan fingerprint density at radius 3 is 2.90 bits per heavy atom. The number of rotatable bonds is 3. The molecule has 4 nitrogen and oxygen atoms in total. The molecule has 1 aliphatic rings.